The van der Waals surface area contributed by atoms with Gasteiger partial charge >= 0.3 is 0 Å². The molecule has 0 aromatic heterocycles. The van der Waals surface area contributed by atoms with Crippen LogP contribution in [0.15, 0.2) is 0 Å². The van der Waals surface area contributed by atoms with Crippen LogP contribution in [0.1, 0.15) is 80.6 Å². The predicted octanol–water partition coefficient (Wildman–Crippen LogP) is 5.25. The van der Waals surface area contributed by atoms with Gasteiger partial charge in [-0.15, -0.1) is 0 Å². The van der Waals surface area contributed by atoms with Gasteiger partial charge in [-0.05, 0) is 37.1 Å². The third-order valence-corrected chi connectivity index (χ3v) is 3.95. The normalized spacial score (nSPS) is 24.2. The van der Waals surface area contributed by atoms with Gasteiger partial charge in [-0.2, -0.15) is 0 Å². The fourth-order valence-corrected chi connectivity index (χ4v) is 2.24. The van der Waals surface area contributed by atoms with Crippen LogP contribution in [0, 0.1) is 11.3 Å². The van der Waals surface area contributed by atoms with Crippen LogP contribution in [0.25, 0.3) is 0 Å². The van der Waals surface area contributed by atoms with Crippen molar-refractivity contribution in [2.45, 2.75) is 80.6 Å². The lowest BCUT2D eigenvalue weighted by Gasteiger charge is -2.27. The molecule has 1 aliphatic rings. The smallest absolute Gasteiger partial charge is 0.000819 e. The summed E-state index contributed by atoms with van der Waals surface area (Å²) in [6, 6.07) is 0. The molecule has 0 amide bonds. The van der Waals surface area contributed by atoms with Crippen LogP contribution < -0.4 is 5.32 Å². The molecule has 1 saturated heterocycles. The van der Waals surface area contributed by atoms with E-state index in [1.165, 1.54) is 45.2 Å². The summed E-state index contributed by atoms with van der Waals surface area (Å²) < 4.78 is 0. The van der Waals surface area contributed by atoms with E-state index < -0.39 is 0 Å². The molecule has 2 unspecified atom stereocenters. The van der Waals surface area contributed by atoms with Crippen LogP contribution in [0.5, 0.6) is 0 Å². The third kappa shape index (κ3) is 7.81. The van der Waals surface area contributed by atoms with Crippen molar-refractivity contribution < 1.29 is 0 Å². The number of hydrogen-bond acceptors (Lipinski definition) is 1. The van der Waals surface area contributed by atoms with Gasteiger partial charge in [0.25, 0.3) is 0 Å². The van der Waals surface area contributed by atoms with Crippen molar-refractivity contribution in [1.29, 1.82) is 0 Å². The van der Waals surface area contributed by atoms with E-state index in [9.17, 15) is 0 Å². The van der Waals surface area contributed by atoms with E-state index in [4.69, 9.17) is 0 Å². The molecule has 17 heavy (non-hydrogen) atoms. The fraction of sp³-hybridized carbons (Fsp3) is 1.00. The van der Waals surface area contributed by atoms with Crippen LogP contribution in [-0.2, 0) is 0 Å². The topological polar surface area (TPSA) is 12.0 Å². The van der Waals surface area contributed by atoms with Crippen molar-refractivity contribution in [2.75, 3.05) is 13.1 Å². The standard InChI is InChI=1S/C12H25N.2C2H6/c1-4-11(3)6-7-12(5-2)8-9-13-10-12;2*1-2/h11,13H,4-10H2,1-3H3;2*1-2H3. The molecule has 2 atom stereocenters. The van der Waals surface area contributed by atoms with E-state index >= 15 is 0 Å². The summed E-state index contributed by atoms with van der Waals surface area (Å²) in [5, 5.41) is 3.51. The molecule has 0 radical (unpaired) electrons. The minimum Gasteiger partial charge on any atom is -0.316 e. The summed E-state index contributed by atoms with van der Waals surface area (Å²) in [5.41, 5.74) is 0.656. The first-order valence-corrected chi connectivity index (χ1v) is 7.93. The molecule has 1 N–H and O–H groups in total. The number of nitrogens with one attached hydrogen (secondary N) is 1. The molecule has 1 heteroatoms. The van der Waals surface area contributed by atoms with Gasteiger partial charge in [-0.25, -0.2) is 0 Å². The minimum absolute atomic E-state index is 0.656. The monoisotopic (exact) mass is 243 g/mol. The maximum Gasteiger partial charge on any atom is 0.000819 e. The molecule has 0 saturated carbocycles. The van der Waals surface area contributed by atoms with Crippen LogP contribution >= 0.6 is 0 Å². The molecular formula is C16H37N. The number of hydrogen-bond donors (Lipinski definition) is 1. The van der Waals surface area contributed by atoms with Crippen molar-refractivity contribution in [3.63, 3.8) is 0 Å². The summed E-state index contributed by atoms with van der Waals surface area (Å²) in [4.78, 5) is 0. The summed E-state index contributed by atoms with van der Waals surface area (Å²) in [6.45, 7) is 17.5. The van der Waals surface area contributed by atoms with Gasteiger partial charge in [0.15, 0.2) is 0 Å². The highest BCUT2D eigenvalue weighted by Gasteiger charge is 2.31. The van der Waals surface area contributed by atoms with Crippen molar-refractivity contribution >= 4 is 0 Å². The van der Waals surface area contributed by atoms with E-state index in [1.54, 1.807) is 0 Å². The van der Waals surface area contributed by atoms with Crippen LogP contribution in [0.4, 0.5) is 0 Å². The second-order valence-corrected chi connectivity index (χ2v) is 4.83. The second kappa shape index (κ2) is 12.4. The first kappa shape index (κ1) is 19.3. The molecule has 0 bridgehead atoms. The average molecular weight is 243 g/mol. The Labute approximate surface area is 111 Å². The molecule has 1 aliphatic heterocycles. The molecule has 1 fully saturated rings. The first-order valence-electron chi connectivity index (χ1n) is 7.93. The van der Waals surface area contributed by atoms with E-state index in [1.807, 2.05) is 27.7 Å². The maximum atomic E-state index is 3.51. The molecule has 0 aromatic carbocycles. The second-order valence-electron chi connectivity index (χ2n) is 4.83. The largest absolute Gasteiger partial charge is 0.316 e. The summed E-state index contributed by atoms with van der Waals surface area (Å²) in [7, 11) is 0. The minimum atomic E-state index is 0.656. The Hall–Kier alpha value is -0.0400. The van der Waals surface area contributed by atoms with Crippen LogP contribution in [-0.4, -0.2) is 13.1 Å². The Bertz CT molecular complexity index is 136. The van der Waals surface area contributed by atoms with Crippen LogP contribution in [0.3, 0.4) is 0 Å². The van der Waals surface area contributed by atoms with Gasteiger partial charge in [0.1, 0.15) is 0 Å². The summed E-state index contributed by atoms with van der Waals surface area (Å²) in [5.74, 6) is 0.920. The Kier molecular flexibility index (Phi) is 14.1. The summed E-state index contributed by atoms with van der Waals surface area (Å²) in [6.07, 6.45) is 6.96. The molecular weight excluding hydrogens is 206 g/mol. The molecule has 1 heterocycles. The molecule has 1 nitrogen and oxygen atoms in total. The highest BCUT2D eigenvalue weighted by molar-refractivity contribution is 4.86. The van der Waals surface area contributed by atoms with E-state index in [-0.39, 0.29) is 0 Å². The van der Waals surface area contributed by atoms with Crippen molar-refractivity contribution in [1.82, 2.24) is 5.32 Å². The zero-order valence-electron chi connectivity index (χ0n) is 13.5. The Morgan fingerprint density at radius 2 is 1.71 bits per heavy atom. The first-order chi connectivity index (χ1) is 8.22. The molecule has 106 valence electrons. The number of rotatable bonds is 5. The lowest BCUT2D eigenvalue weighted by molar-refractivity contribution is 0.255. The molecule has 1 rings (SSSR count). The fourth-order valence-electron chi connectivity index (χ4n) is 2.24. The zero-order valence-corrected chi connectivity index (χ0v) is 13.5. The van der Waals surface area contributed by atoms with Gasteiger partial charge in [-0.1, -0.05) is 61.3 Å². The highest BCUT2D eigenvalue weighted by Crippen LogP contribution is 2.35. The van der Waals surface area contributed by atoms with Crippen molar-refractivity contribution in [2.24, 2.45) is 11.3 Å². The molecule has 0 aromatic rings. The van der Waals surface area contributed by atoms with Gasteiger partial charge in [0.05, 0.1) is 0 Å². The van der Waals surface area contributed by atoms with Gasteiger partial charge in [0.2, 0.25) is 0 Å². The summed E-state index contributed by atoms with van der Waals surface area (Å²) >= 11 is 0. The van der Waals surface area contributed by atoms with Crippen molar-refractivity contribution in [3.05, 3.63) is 0 Å². The average Bonchev–Trinajstić information content (AvgIpc) is 2.90. The van der Waals surface area contributed by atoms with Gasteiger partial charge in [-0.3, -0.25) is 0 Å². The Balaban J connectivity index is 0. The highest BCUT2D eigenvalue weighted by atomic mass is 14.9. The van der Waals surface area contributed by atoms with Gasteiger partial charge < -0.3 is 5.32 Å². The zero-order chi connectivity index (χ0) is 13.7. The molecule has 0 spiro atoms. The Morgan fingerprint density at radius 3 is 2.06 bits per heavy atom. The van der Waals surface area contributed by atoms with Crippen LogP contribution in [0.2, 0.25) is 0 Å². The van der Waals surface area contributed by atoms with E-state index in [0.717, 1.165) is 5.92 Å². The molecule has 0 aliphatic carbocycles. The van der Waals surface area contributed by atoms with E-state index in [2.05, 4.69) is 26.1 Å². The SMILES string of the molecule is CC.CC.CCC(C)CCC1(CC)CCNC1. The van der Waals surface area contributed by atoms with Crippen molar-refractivity contribution in [3.8, 4) is 0 Å². The lowest BCUT2D eigenvalue weighted by Crippen LogP contribution is -2.23. The maximum absolute atomic E-state index is 3.51. The quantitative estimate of drug-likeness (QED) is 0.695. The Morgan fingerprint density at radius 1 is 1.12 bits per heavy atom. The predicted molar refractivity (Wildman–Crippen MR) is 81.6 cm³/mol. The lowest BCUT2D eigenvalue weighted by atomic mass is 9.78. The third-order valence-electron chi connectivity index (χ3n) is 3.95. The van der Waals surface area contributed by atoms with Gasteiger partial charge in [0, 0.05) is 6.54 Å². The van der Waals surface area contributed by atoms with E-state index in [0.29, 0.717) is 5.41 Å².